The van der Waals surface area contributed by atoms with Gasteiger partial charge in [0.2, 0.25) is 11.1 Å². The summed E-state index contributed by atoms with van der Waals surface area (Å²) in [5.74, 6) is 0.487. The van der Waals surface area contributed by atoms with Crippen molar-refractivity contribution >= 4 is 35.0 Å². The van der Waals surface area contributed by atoms with Crippen LogP contribution in [0.5, 0.6) is 5.75 Å². The van der Waals surface area contributed by atoms with Crippen LogP contribution >= 0.6 is 23.4 Å². The first-order valence-electron chi connectivity index (χ1n) is 6.69. The second-order valence-electron chi connectivity index (χ2n) is 4.57. The molecule has 0 radical (unpaired) electrons. The summed E-state index contributed by atoms with van der Waals surface area (Å²) < 4.78 is 6.80. The Hall–Kier alpha value is -2.06. The maximum atomic E-state index is 12.1. The molecule has 0 fully saturated rings. The molecule has 2 aromatic rings. The number of carbonyl (C=O) groups is 1. The predicted molar refractivity (Wildman–Crippen MR) is 90.1 cm³/mol. The van der Waals surface area contributed by atoms with Crippen molar-refractivity contribution in [3.05, 3.63) is 35.4 Å². The number of methoxy groups -OCH3 is 1. The third-order valence-corrected chi connectivity index (χ3v) is 4.25. The summed E-state index contributed by atoms with van der Waals surface area (Å²) in [6, 6.07) is 3.44. The molecule has 1 aromatic carbocycles. The van der Waals surface area contributed by atoms with Gasteiger partial charge in [0, 0.05) is 11.1 Å². The molecule has 23 heavy (non-hydrogen) atoms. The minimum absolute atomic E-state index is 0.169. The number of benzene rings is 1. The van der Waals surface area contributed by atoms with Crippen LogP contribution in [0.2, 0.25) is 5.02 Å². The Labute approximate surface area is 143 Å². The molecule has 0 saturated heterocycles. The van der Waals surface area contributed by atoms with Gasteiger partial charge in [0.25, 0.3) is 0 Å². The number of halogens is 1. The summed E-state index contributed by atoms with van der Waals surface area (Å²) in [5, 5.41) is 15.2. The van der Waals surface area contributed by atoms with E-state index in [0.717, 1.165) is 5.56 Å². The molecule has 0 saturated carbocycles. The SMILES string of the molecule is C=CCn1nnnc1SCC(=O)Nc1cc(C)c(Cl)cc1OC. The minimum Gasteiger partial charge on any atom is -0.495 e. The number of amides is 1. The number of tetrazole rings is 1. The fourth-order valence-corrected chi connectivity index (χ4v) is 2.62. The van der Waals surface area contributed by atoms with E-state index in [-0.39, 0.29) is 11.7 Å². The van der Waals surface area contributed by atoms with Crippen molar-refractivity contribution < 1.29 is 9.53 Å². The van der Waals surface area contributed by atoms with E-state index >= 15 is 0 Å². The normalized spacial score (nSPS) is 10.4. The zero-order chi connectivity index (χ0) is 16.8. The highest BCUT2D eigenvalue weighted by Crippen LogP contribution is 2.31. The maximum Gasteiger partial charge on any atom is 0.234 e. The van der Waals surface area contributed by atoms with E-state index in [1.54, 1.807) is 22.9 Å². The number of nitrogens with one attached hydrogen (secondary N) is 1. The number of allylic oxidation sites excluding steroid dienone is 1. The number of hydrogen-bond donors (Lipinski definition) is 1. The minimum atomic E-state index is -0.192. The molecule has 0 aliphatic carbocycles. The van der Waals surface area contributed by atoms with Gasteiger partial charge in [-0.15, -0.1) is 11.7 Å². The molecule has 0 atom stereocenters. The Kier molecular flexibility index (Phi) is 6.00. The summed E-state index contributed by atoms with van der Waals surface area (Å²) >= 11 is 7.29. The fourth-order valence-electron chi connectivity index (χ4n) is 1.78. The van der Waals surface area contributed by atoms with E-state index in [1.165, 1.54) is 18.9 Å². The van der Waals surface area contributed by atoms with Gasteiger partial charge < -0.3 is 10.1 Å². The van der Waals surface area contributed by atoms with E-state index in [0.29, 0.717) is 28.2 Å². The fraction of sp³-hybridized carbons (Fsp3) is 0.286. The molecule has 1 heterocycles. The highest BCUT2D eigenvalue weighted by molar-refractivity contribution is 7.99. The lowest BCUT2D eigenvalue weighted by molar-refractivity contribution is -0.113. The van der Waals surface area contributed by atoms with Crippen molar-refractivity contribution in [2.45, 2.75) is 18.6 Å². The Balaban J connectivity index is 2.01. The number of nitrogens with zero attached hydrogens (tertiary/aromatic N) is 4. The Morgan fingerprint density at radius 3 is 3.04 bits per heavy atom. The number of anilines is 1. The van der Waals surface area contributed by atoms with Crippen LogP contribution in [0.3, 0.4) is 0 Å². The topological polar surface area (TPSA) is 81.9 Å². The first-order chi connectivity index (χ1) is 11.0. The van der Waals surface area contributed by atoms with Crippen molar-refractivity contribution in [1.29, 1.82) is 0 Å². The van der Waals surface area contributed by atoms with E-state index in [9.17, 15) is 4.79 Å². The quantitative estimate of drug-likeness (QED) is 0.608. The Morgan fingerprint density at radius 2 is 2.35 bits per heavy atom. The van der Waals surface area contributed by atoms with Gasteiger partial charge in [0.1, 0.15) is 5.75 Å². The van der Waals surface area contributed by atoms with E-state index in [2.05, 4.69) is 27.4 Å². The number of rotatable bonds is 7. The standard InChI is InChI=1S/C14H16ClN5O2S/c1-4-5-20-14(17-18-19-20)23-8-13(21)16-11-6-9(2)10(15)7-12(11)22-3/h4,6-7H,1,5,8H2,2-3H3,(H,16,21). The average molecular weight is 354 g/mol. The third-order valence-electron chi connectivity index (χ3n) is 2.89. The van der Waals surface area contributed by atoms with Gasteiger partial charge in [0.15, 0.2) is 0 Å². The number of carbonyl (C=O) groups excluding carboxylic acids is 1. The molecule has 0 unspecified atom stereocenters. The van der Waals surface area contributed by atoms with Crippen LogP contribution in [0.4, 0.5) is 5.69 Å². The van der Waals surface area contributed by atoms with Crippen molar-refractivity contribution in [3.8, 4) is 5.75 Å². The van der Waals surface area contributed by atoms with Crippen LogP contribution < -0.4 is 10.1 Å². The van der Waals surface area contributed by atoms with Crippen LogP contribution in [-0.4, -0.2) is 39.0 Å². The molecule has 0 aliphatic rings. The van der Waals surface area contributed by atoms with Crippen molar-refractivity contribution in [2.75, 3.05) is 18.2 Å². The van der Waals surface area contributed by atoms with Crippen LogP contribution in [0.15, 0.2) is 29.9 Å². The van der Waals surface area contributed by atoms with E-state index < -0.39 is 0 Å². The summed E-state index contributed by atoms with van der Waals surface area (Å²) in [6.07, 6.45) is 1.68. The molecule has 2 rings (SSSR count). The van der Waals surface area contributed by atoms with Gasteiger partial charge in [-0.25, -0.2) is 4.68 Å². The molecule has 1 aromatic heterocycles. The maximum absolute atomic E-state index is 12.1. The summed E-state index contributed by atoms with van der Waals surface area (Å²) in [4.78, 5) is 12.1. The van der Waals surface area contributed by atoms with Crippen LogP contribution in [0, 0.1) is 6.92 Å². The third kappa shape index (κ3) is 4.46. The molecule has 1 amide bonds. The number of hydrogen-bond acceptors (Lipinski definition) is 6. The van der Waals surface area contributed by atoms with Gasteiger partial charge in [-0.3, -0.25) is 4.79 Å². The lowest BCUT2D eigenvalue weighted by Crippen LogP contribution is -2.15. The van der Waals surface area contributed by atoms with Gasteiger partial charge in [-0.1, -0.05) is 29.4 Å². The van der Waals surface area contributed by atoms with Crippen molar-refractivity contribution in [2.24, 2.45) is 0 Å². The monoisotopic (exact) mass is 353 g/mol. The molecular formula is C14H16ClN5O2S. The van der Waals surface area contributed by atoms with Crippen LogP contribution in [0.1, 0.15) is 5.56 Å². The van der Waals surface area contributed by atoms with E-state index in [1.807, 2.05) is 6.92 Å². The second kappa shape index (κ2) is 7.98. The number of aryl methyl sites for hydroxylation is 1. The molecule has 9 heteroatoms. The van der Waals surface area contributed by atoms with Gasteiger partial charge in [-0.2, -0.15) is 0 Å². The predicted octanol–water partition coefficient (Wildman–Crippen LogP) is 2.56. The lowest BCUT2D eigenvalue weighted by Gasteiger charge is -2.12. The van der Waals surface area contributed by atoms with Gasteiger partial charge in [-0.05, 0) is 29.0 Å². The van der Waals surface area contributed by atoms with Crippen LogP contribution in [0.25, 0.3) is 0 Å². The molecule has 122 valence electrons. The number of thioether (sulfide) groups is 1. The zero-order valence-electron chi connectivity index (χ0n) is 12.7. The lowest BCUT2D eigenvalue weighted by atomic mass is 10.2. The van der Waals surface area contributed by atoms with E-state index in [4.69, 9.17) is 16.3 Å². The van der Waals surface area contributed by atoms with Crippen molar-refractivity contribution in [1.82, 2.24) is 20.2 Å². The highest BCUT2D eigenvalue weighted by atomic mass is 35.5. The van der Waals surface area contributed by atoms with Crippen molar-refractivity contribution in [3.63, 3.8) is 0 Å². The molecule has 0 aliphatic heterocycles. The van der Waals surface area contributed by atoms with Gasteiger partial charge in [0.05, 0.1) is 25.1 Å². The zero-order valence-corrected chi connectivity index (χ0v) is 14.3. The summed E-state index contributed by atoms with van der Waals surface area (Å²) in [6.45, 7) is 5.98. The van der Waals surface area contributed by atoms with Crippen LogP contribution in [-0.2, 0) is 11.3 Å². The summed E-state index contributed by atoms with van der Waals surface area (Å²) in [7, 11) is 1.52. The largest absolute Gasteiger partial charge is 0.495 e. The van der Waals surface area contributed by atoms with Gasteiger partial charge >= 0.3 is 0 Å². The Bertz CT molecular complexity index is 719. The Morgan fingerprint density at radius 1 is 1.57 bits per heavy atom. The number of ether oxygens (including phenoxy) is 1. The summed E-state index contributed by atoms with van der Waals surface area (Å²) in [5.41, 5.74) is 1.43. The molecular weight excluding hydrogens is 338 g/mol. The molecule has 0 spiro atoms. The first-order valence-corrected chi connectivity index (χ1v) is 8.05. The second-order valence-corrected chi connectivity index (χ2v) is 5.92. The number of aromatic nitrogens is 4. The smallest absolute Gasteiger partial charge is 0.234 e. The molecule has 1 N–H and O–H groups in total. The molecule has 0 bridgehead atoms. The highest BCUT2D eigenvalue weighted by Gasteiger charge is 2.13. The first kappa shape index (κ1) is 17.3. The average Bonchev–Trinajstić information content (AvgIpc) is 2.96. The molecule has 7 nitrogen and oxygen atoms in total.